The second-order valence-corrected chi connectivity index (χ2v) is 6.83. The number of aromatic nitrogens is 1. The Kier molecular flexibility index (Phi) is 3.91. The molecule has 0 atom stereocenters. The van der Waals surface area contributed by atoms with E-state index < -0.39 is 32.2 Å². The molecule has 24 heavy (non-hydrogen) atoms. The van der Waals surface area contributed by atoms with Crippen molar-refractivity contribution in [3.8, 4) is 0 Å². The highest BCUT2D eigenvalue weighted by Gasteiger charge is 2.21. The van der Waals surface area contributed by atoms with Gasteiger partial charge in [0.1, 0.15) is 11.4 Å². The molecule has 0 spiro atoms. The highest BCUT2D eigenvalue weighted by atomic mass is 16.6. The second kappa shape index (κ2) is 7.94. The Bertz CT molecular complexity index is 726. The van der Waals surface area contributed by atoms with Gasteiger partial charge in [-0.2, -0.15) is 0 Å². The molecule has 2 heterocycles. The molecule has 0 bridgehead atoms. The molecular formula is C18H29N3O3. The summed E-state index contributed by atoms with van der Waals surface area (Å²) in [6.07, 6.45) is 0.729. The number of carbonyl (C=O) groups is 1. The summed E-state index contributed by atoms with van der Waals surface area (Å²) in [5, 5.41) is 2.52. The van der Waals surface area contributed by atoms with Gasteiger partial charge in [-0.05, 0) is 65.1 Å². The van der Waals surface area contributed by atoms with Crippen molar-refractivity contribution < 1.29 is 22.5 Å². The van der Waals surface area contributed by atoms with Crippen LogP contribution in [0.25, 0.3) is 0 Å². The van der Waals surface area contributed by atoms with Gasteiger partial charge < -0.3 is 14.4 Å². The SMILES string of the molecule is [2H]C([2H])([2H])N(Cc1nc(NC(=O)OC(C)(C)C)ccc1C1CCOCC1)C([2H])([2H])[2H]. The molecule has 2 rings (SSSR count). The first kappa shape index (κ1) is 11.8. The van der Waals surface area contributed by atoms with Crippen molar-refractivity contribution in [2.24, 2.45) is 0 Å². The van der Waals surface area contributed by atoms with Crippen molar-refractivity contribution in [1.82, 2.24) is 9.88 Å². The third kappa shape index (κ3) is 5.76. The molecule has 1 aliphatic rings. The van der Waals surface area contributed by atoms with Crippen molar-refractivity contribution in [3.63, 3.8) is 0 Å². The lowest BCUT2D eigenvalue weighted by Gasteiger charge is -2.25. The zero-order chi connectivity index (χ0) is 22.7. The van der Waals surface area contributed by atoms with Crippen LogP contribution in [0, 0.1) is 0 Å². The molecule has 1 aliphatic heterocycles. The lowest BCUT2D eigenvalue weighted by molar-refractivity contribution is 0.0635. The van der Waals surface area contributed by atoms with E-state index in [-0.39, 0.29) is 11.7 Å². The van der Waals surface area contributed by atoms with E-state index in [2.05, 4.69) is 10.3 Å². The largest absolute Gasteiger partial charge is 0.444 e. The molecule has 0 aromatic carbocycles. The maximum atomic E-state index is 12.1. The number of hydrogen-bond donors (Lipinski definition) is 1. The average molecular weight is 341 g/mol. The van der Waals surface area contributed by atoms with Gasteiger partial charge in [0.05, 0.1) is 5.69 Å². The fourth-order valence-corrected chi connectivity index (χ4v) is 2.65. The molecule has 6 nitrogen and oxygen atoms in total. The lowest BCUT2D eigenvalue weighted by Crippen LogP contribution is -2.28. The Hall–Kier alpha value is -1.66. The molecule has 6 heteroatoms. The standard InChI is InChI=1S/C18H29N3O3/c1-18(2,3)24-17(22)20-16-7-6-14(13-8-10-23-11-9-13)15(19-16)12-21(4)5/h6-7,13H,8-12H2,1-5H3,(H,19,20,22)/i4D3,5D3. The fourth-order valence-electron chi connectivity index (χ4n) is 2.65. The van der Waals surface area contributed by atoms with Gasteiger partial charge in [-0.1, -0.05) is 6.07 Å². The van der Waals surface area contributed by atoms with Crippen molar-refractivity contribution in [2.75, 3.05) is 32.5 Å². The van der Waals surface area contributed by atoms with E-state index >= 15 is 0 Å². The second-order valence-electron chi connectivity index (χ2n) is 6.83. The summed E-state index contributed by atoms with van der Waals surface area (Å²) in [4.78, 5) is 16.9. The van der Waals surface area contributed by atoms with Crippen LogP contribution in [-0.2, 0) is 16.0 Å². The number of nitrogens with one attached hydrogen (secondary N) is 1. The summed E-state index contributed by atoms with van der Waals surface area (Å²) in [6, 6.07) is 3.36. The van der Waals surface area contributed by atoms with Crippen molar-refractivity contribution in [1.29, 1.82) is 0 Å². The molecule has 134 valence electrons. The maximum absolute atomic E-state index is 12.1. The highest BCUT2D eigenvalue weighted by molar-refractivity contribution is 5.83. The first-order valence-electron chi connectivity index (χ1n) is 11.0. The van der Waals surface area contributed by atoms with Gasteiger partial charge >= 0.3 is 6.09 Å². The average Bonchev–Trinajstić information content (AvgIpc) is 2.57. The molecule has 1 aromatic heterocycles. The summed E-state index contributed by atoms with van der Waals surface area (Å²) < 4.78 is 56.4. The van der Waals surface area contributed by atoms with Crippen LogP contribution in [-0.4, -0.2) is 48.7 Å². The van der Waals surface area contributed by atoms with Crippen LogP contribution in [0.3, 0.4) is 0 Å². The Morgan fingerprint density at radius 1 is 1.42 bits per heavy atom. The number of amides is 1. The third-order valence-electron chi connectivity index (χ3n) is 3.61. The van der Waals surface area contributed by atoms with E-state index in [4.69, 9.17) is 17.7 Å². The van der Waals surface area contributed by atoms with E-state index in [0.29, 0.717) is 23.8 Å². The number of rotatable bonds is 4. The highest BCUT2D eigenvalue weighted by Crippen LogP contribution is 2.30. The van der Waals surface area contributed by atoms with Crippen LogP contribution in [0.2, 0.25) is 0 Å². The molecule has 1 N–H and O–H groups in total. The molecule has 1 fully saturated rings. The zero-order valence-electron chi connectivity index (χ0n) is 20.4. The van der Waals surface area contributed by atoms with E-state index in [9.17, 15) is 4.79 Å². The molecule has 0 aliphatic carbocycles. The van der Waals surface area contributed by atoms with Crippen molar-refractivity contribution >= 4 is 11.9 Å². The number of anilines is 1. The summed E-state index contributed by atoms with van der Waals surface area (Å²) in [7, 11) is 0. The van der Waals surface area contributed by atoms with Crippen LogP contribution in [0.15, 0.2) is 12.1 Å². The monoisotopic (exact) mass is 341 g/mol. The van der Waals surface area contributed by atoms with Crippen LogP contribution >= 0.6 is 0 Å². The predicted octanol–water partition coefficient (Wildman–Crippen LogP) is 3.38. The molecule has 0 saturated carbocycles. The zero-order valence-corrected chi connectivity index (χ0v) is 14.4. The van der Waals surface area contributed by atoms with Gasteiger partial charge in [-0.15, -0.1) is 0 Å². The normalized spacial score (nSPS) is 21.0. The Labute approximate surface area is 153 Å². The number of pyridine rings is 1. The maximum Gasteiger partial charge on any atom is 0.413 e. The fraction of sp³-hybridized carbons (Fsp3) is 0.667. The molecule has 1 aromatic rings. The van der Waals surface area contributed by atoms with Gasteiger partial charge in [0.25, 0.3) is 0 Å². The minimum Gasteiger partial charge on any atom is -0.444 e. The van der Waals surface area contributed by atoms with E-state index in [0.717, 1.165) is 18.4 Å². The lowest BCUT2D eigenvalue weighted by atomic mass is 9.90. The summed E-state index contributed by atoms with van der Waals surface area (Å²) in [5.41, 5.74) is 0.350. The van der Waals surface area contributed by atoms with Gasteiger partial charge in [-0.3, -0.25) is 5.32 Å². The quantitative estimate of drug-likeness (QED) is 0.909. The van der Waals surface area contributed by atoms with Crippen LogP contribution < -0.4 is 5.32 Å². The Morgan fingerprint density at radius 3 is 2.75 bits per heavy atom. The van der Waals surface area contributed by atoms with E-state index in [1.807, 2.05) is 0 Å². The summed E-state index contributed by atoms with van der Waals surface area (Å²) in [6.45, 7) is 0.208. The van der Waals surface area contributed by atoms with Crippen molar-refractivity contribution in [3.05, 3.63) is 23.4 Å². The Morgan fingerprint density at radius 2 is 2.12 bits per heavy atom. The number of carbonyl (C=O) groups excluding carboxylic acids is 1. The summed E-state index contributed by atoms with van der Waals surface area (Å²) >= 11 is 0. The molecule has 1 saturated heterocycles. The van der Waals surface area contributed by atoms with Gasteiger partial charge in [0.2, 0.25) is 0 Å². The summed E-state index contributed by atoms with van der Waals surface area (Å²) in [5.74, 6) is 0.220. The van der Waals surface area contributed by atoms with Gasteiger partial charge in [0.15, 0.2) is 0 Å². The van der Waals surface area contributed by atoms with Crippen LogP contribution in [0.1, 0.15) is 59.0 Å². The topological polar surface area (TPSA) is 63.7 Å². The molecule has 0 radical (unpaired) electrons. The first-order chi connectivity index (χ1) is 13.7. The molecule has 1 amide bonds. The molecule has 0 unspecified atom stereocenters. The smallest absolute Gasteiger partial charge is 0.413 e. The van der Waals surface area contributed by atoms with Gasteiger partial charge in [-0.25, -0.2) is 9.78 Å². The number of hydrogen-bond acceptors (Lipinski definition) is 5. The minimum atomic E-state index is -2.84. The number of ether oxygens (including phenoxy) is 2. The minimum absolute atomic E-state index is 0.0619. The molecular weight excluding hydrogens is 306 g/mol. The van der Waals surface area contributed by atoms with E-state index in [1.165, 1.54) is 0 Å². The predicted molar refractivity (Wildman–Crippen MR) is 94.3 cm³/mol. The Balaban J connectivity index is 2.38. The van der Waals surface area contributed by atoms with Crippen molar-refractivity contribution in [2.45, 2.75) is 51.7 Å². The first-order valence-corrected chi connectivity index (χ1v) is 8.02. The number of nitrogens with zero attached hydrogens (tertiary/aromatic N) is 2. The van der Waals surface area contributed by atoms with Gasteiger partial charge in [0, 0.05) is 28.0 Å². The van der Waals surface area contributed by atoms with Crippen LogP contribution in [0.5, 0.6) is 0 Å². The van der Waals surface area contributed by atoms with E-state index in [1.54, 1.807) is 32.9 Å². The van der Waals surface area contributed by atoms with Crippen LogP contribution in [0.4, 0.5) is 10.6 Å². The third-order valence-corrected chi connectivity index (χ3v) is 3.61.